The minimum absolute atomic E-state index is 0.216. The lowest BCUT2D eigenvalue weighted by atomic mass is 10.00. The molecule has 3 rings (SSSR count). The van der Waals surface area contributed by atoms with Gasteiger partial charge in [0.2, 0.25) is 0 Å². The molecule has 1 aliphatic heterocycles. The highest BCUT2D eigenvalue weighted by molar-refractivity contribution is 5.40. The van der Waals surface area contributed by atoms with Crippen molar-refractivity contribution in [1.82, 2.24) is 19.5 Å². The van der Waals surface area contributed by atoms with Crippen LogP contribution in [0.4, 0.5) is 0 Å². The van der Waals surface area contributed by atoms with Crippen LogP contribution in [0, 0.1) is 0 Å². The van der Waals surface area contributed by atoms with E-state index in [2.05, 4.69) is 22.0 Å². The highest BCUT2D eigenvalue weighted by atomic mass is 16.3. The van der Waals surface area contributed by atoms with E-state index in [-0.39, 0.29) is 5.75 Å². The molecule has 1 saturated heterocycles. The average Bonchev–Trinajstić information content (AvgIpc) is 2.73. The zero-order valence-corrected chi connectivity index (χ0v) is 10.6. The van der Waals surface area contributed by atoms with Crippen molar-refractivity contribution in [2.24, 2.45) is 0 Å². The average molecular weight is 246 g/mol. The molecule has 0 saturated carbocycles. The summed E-state index contributed by atoms with van der Waals surface area (Å²) in [4.78, 5) is 6.89. The zero-order chi connectivity index (χ0) is 12.5. The summed E-state index contributed by atoms with van der Waals surface area (Å²) in [6.45, 7) is 1.17. The molecule has 1 N–H and O–H groups in total. The fourth-order valence-corrected chi connectivity index (χ4v) is 2.62. The highest BCUT2D eigenvalue weighted by Crippen LogP contribution is 2.18. The molecular weight excluding hydrogens is 228 g/mol. The van der Waals surface area contributed by atoms with Gasteiger partial charge in [-0.2, -0.15) is 5.10 Å². The second-order valence-electron chi connectivity index (χ2n) is 5.05. The van der Waals surface area contributed by atoms with Crippen LogP contribution in [0.1, 0.15) is 25.1 Å². The summed E-state index contributed by atoms with van der Waals surface area (Å²) < 4.78 is 1.65. The van der Waals surface area contributed by atoms with Gasteiger partial charge in [0.05, 0.1) is 6.20 Å². The molecule has 0 bridgehead atoms. The molecule has 1 aliphatic rings. The summed E-state index contributed by atoms with van der Waals surface area (Å²) in [7, 11) is 2.17. The molecule has 2 aromatic rings. The number of nitrogens with zero attached hydrogens (tertiary/aromatic N) is 4. The lowest BCUT2D eigenvalue weighted by Crippen LogP contribution is -2.37. The predicted molar refractivity (Wildman–Crippen MR) is 68.6 cm³/mol. The van der Waals surface area contributed by atoms with Crippen molar-refractivity contribution in [3.05, 3.63) is 24.2 Å². The van der Waals surface area contributed by atoms with Gasteiger partial charge in [-0.15, -0.1) is 0 Å². The van der Waals surface area contributed by atoms with Crippen LogP contribution in [-0.2, 0) is 6.42 Å². The Labute approximate surface area is 106 Å². The molecule has 0 radical (unpaired) electrons. The van der Waals surface area contributed by atoms with Crippen molar-refractivity contribution in [2.45, 2.75) is 31.7 Å². The Morgan fingerprint density at radius 3 is 3.11 bits per heavy atom. The first-order chi connectivity index (χ1) is 8.72. The first-order valence-electron chi connectivity index (χ1n) is 6.47. The van der Waals surface area contributed by atoms with Crippen LogP contribution in [0.3, 0.4) is 0 Å². The molecule has 5 nitrogen and oxygen atoms in total. The van der Waals surface area contributed by atoms with E-state index in [0.29, 0.717) is 6.04 Å². The number of fused-ring (bicyclic) bond motifs is 1. The summed E-state index contributed by atoms with van der Waals surface area (Å²) in [5.74, 6) is 1.08. The van der Waals surface area contributed by atoms with Gasteiger partial charge >= 0.3 is 0 Å². The molecule has 18 heavy (non-hydrogen) atoms. The van der Waals surface area contributed by atoms with Crippen molar-refractivity contribution >= 4 is 5.65 Å². The molecule has 0 amide bonds. The van der Waals surface area contributed by atoms with E-state index in [1.54, 1.807) is 22.8 Å². The molecule has 0 aromatic carbocycles. The Balaban J connectivity index is 1.81. The second kappa shape index (κ2) is 4.57. The van der Waals surface area contributed by atoms with E-state index < -0.39 is 0 Å². The highest BCUT2D eigenvalue weighted by Gasteiger charge is 2.20. The van der Waals surface area contributed by atoms with Crippen molar-refractivity contribution in [2.75, 3.05) is 13.6 Å². The van der Waals surface area contributed by atoms with Crippen LogP contribution in [0.5, 0.6) is 5.75 Å². The third-order valence-electron chi connectivity index (χ3n) is 3.70. The Bertz CT molecular complexity index is 551. The number of piperidine rings is 1. The lowest BCUT2D eigenvalue weighted by molar-refractivity contribution is 0.182. The van der Waals surface area contributed by atoms with Gasteiger partial charge in [-0.3, -0.25) is 0 Å². The van der Waals surface area contributed by atoms with Gasteiger partial charge in [0, 0.05) is 12.5 Å². The molecule has 1 fully saturated rings. The first kappa shape index (κ1) is 11.5. The molecule has 96 valence electrons. The number of aromatic nitrogens is 3. The lowest BCUT2D eigenvalue weighted by Gasteiger charge is -2.31. The topological polar surface area (TPSA) is 53.7 Å². The van der Waals surface area contributed by atoms with Crippen molar-refractivity contribution in [3.63, 3.8) is 0 Å². The maximum Gasteiger partial charge on any atom is 0.155 e. The van der Waals surface area contributed by atoms with Crippen LogP contribution >= 0.6 is 0 Å². The number of aromatic hydroxyl groups is 1. The maximum atomic E-state index is 9.41. The standard InChI is InChI=1S/C13H18N4O/c1-16-7-3-2-4-10(16)8-12-14-13-6-5-11(18)9-17(13)15-12/h5-6,9-10,18H,2-4,7-8H2,1H3. The third kappa shape index (κ3) is 2.18. The number of likely N-dealkylation sites (tertiary alicyclic amines) is 1. The van der Waals surface area contributed by atoms with E-state index >= 15 is 0 Å². The van der Waals surface area contributed by atoms with Gasteiger partial charge < -0.3 is 10.0 Å². The van der Waals surface area contributed by atoms with Crippen molar-refractivity contribution < 1.29 is 5.11 Å². The van der Waals surface area contributed by atoms with Crippen LogP contribution in [-0.4, -0.2) is 44.2 Å². The fourth-order valence-electron chi connectivity index (χ4n) is 2.62. The zero-order valence-electron chi connectivity index (χ0n) is 10.6. The van der Waals surface area contributed by atoms with Gasteiger partial charge in [0.25, 0.3) is 0 Å². The van der Waals surface area contributed by atoms with Gasteiger partial charge in [-0.25, -0.2) is 9.50 Å². The molecule has 1 unspecified atom stereocenters. The Morgan fingerprint density at radius 2 is 2.28 bits per heavy atom. The van der Waals surface area contributed by atoms with E-state index in [1.165, 1.54) is 25.8 Å². The minimum atomic E-state index is 0.216. The van der Waals surface area contributed by atoms with Crippen LogP contribution in [0.25, 0.3) is 5.65 Å². The molecular formula is C13H18N4O. The van der Waals surface area contributed by atoms with Gasteiger partial charge in [0.15, 0.2) is 11.5 Å². The fraction of sp³-hybridized carbons (Fsp3) is 0.538. The minimum Gasteiger partial charge on any atom is -0.506 e. The van der Waals surface area contributed by atoms with E-state index in [9.17, 15) is 5.11 Å². The summed E-state index contributed by atoms with van der Waals surface area (Å²) >= 11 is 0. The summed E-state index contributed by atoms with van der Waals surface area (Å²) in [6.07, 6.45) is 6.29. The molecule has 1 atom stereocenters. The molecule has 0 spiro atoms. The third-order valence-corrected chi connectivity index (χ3v) is 3.70. The summed E-state index contributed by atoms with van der Waals surface area (Å²) in [5.41, 5.74) is 0.793. The Hall–Kier alpha value is -1.62. The number of pyridine rings is 1. The largest absolute Gasteiger partial charge is 0.506 e. The Kier molecular flexibility index (Phi) is 2.91. The quantitative estimate of drug-likeness (QED) is 0.871. The van der Waals surface area contributed by atoms with Crippen LogP contribution in [0.2, 0.25) is 0 Å². The normalized spacial score (nSPS) is 21.5. The molecule has 3 heterocycles. The van der Waals surface area contributed by atoms with Crippen LogP contribution < -0.4 is 0 Å². The van der Waals surface area contributed by atoms with Gasteiger partial charge in [-0.05, 0) is 38.6 Å². The van der Waals surface area contributed by atoms with Gasteiger partial charge in [-0.1, -0.05) is 6.42 Å². The maximum absolute atomic E-state index is 9.41. The van der Waals surface area contributed by atoms with Crippen molar-refractivity contribution in [3.8, 4) is 5.75 Å². The molecule has 0 aliphatic carbocycles. The van der Waals surface area contributed by atoms with E-state index in [1.807, 2.05) is 0 Å². The number of rotatable bonds is 2. The second-order valence-corrected chi connectivity index (χ2v) is 5.05. The monoisotopic (exact) mass is 246 g/mol. The first-order valence-corrected chi connectivity index (χ1v) is 6.47. The number of hydrogen-bond acceptors (Lipinski definition) is 4. The van der Waals surface area contributed by atoms with Crippen molar-refractivity contribution in [1.29, 1.82) is 0 Å². The predicted octanol–water partition coefficient (Wildman–Crippen LogP) is 1.46. The summed E-state index contributed by atoms with van der Waals surface area (Å²) in [5, 5.41) is 13.8. The van der Waals surface area contributed by atoms with E-state index in [4.69, 9.17) is 0 Å². The molecule has 5 heteroatoms. The van der Waals surface area contributed by atoms with E-state index in [0.717, 1.165) is 17.9 Å². The van der Waals surface area contributed by atoms with Gasteiger partial charge in [0.1, 0.15) is 5.75 Å². The molecule has 2 aromatic heterocycles. The summed E-state index contributed by atoms with van der Waals surface area (Å²) in [6, 6.07) is 3.97. The Morgan fingerprint density at radius 1 is 1.39 bits per heavy atom. The van der Waals surface area contributed by atoms with Crippen LogP contribution in [0.15, 0.2) is 18.3 Å². The number of likely N-dealkylation sites (N-methyl/N-ethyl adjacent to an activating group) is 1. The smallest absolute Gasteiger partial charge is 0.155 e. The SMILES string of the molecule is CN1CCCCC1Cc1nc2ccc(O)cn2n1. The number of hydrogen-bond donors (Lipinski definition) is 1.